The van der Waals surface area contributed by atoms with Crippen LogP contribution in [0.4, 0.5) is 21.0 Å². The first kappa shape index (κ1) is 15.4. The van der Waals surface area contributed by atoms with Crippen molar-refractivity contribution in [2.45, 2.75) is 6.92 Å². The first-order chi connectivity index (χ1) is 10.6. The van der Waals surface area contributed by atoms with Crippen molar-refractivity contribution < 1.29 is 19.1 Å². The van der Waals surface area contributed by atoms with Gasteiger partial charge in [0.1, 0.15) is 5.75 Å². The van der Waals surface area contributed by atoms with Gasteiger partial charge < -0.3 is 9.47 Å². The molecule has 0 heterocycles. The zero-order valence-corrected chi connectivity index (χ0v) is 12.3. The maximum atomic E-state index is 11.8. The molecule has 0 atom stereocenters. The predicted octanol–water partition coefficient (Wildman–Crippen LogP) is 3.78. The minimum atomic E-state index is -0.584. The Kier molecular flexibility index (Phi) is 4.98. The van der Waals surface area contributed by atoms with Crippen LogP contribution in [0.25, 0.3) is 0 Å². The van der Waals surface area contributed by atoms with Crippen molar-refractivity contribution in [3.8, 4) is 5.75 Å². The van der Waals surface area contributed by atoms with Crippen molar-refractivity contribution in [1.29, 1.82) is 0 Å². The summed E-state index contributed by atoms with van der Waals surface area (Å²) in [5.74, 6) is 0.362. The van der Waals surface area contributed by atoms with E-state index in [-0.39, 0.29) is 0 Å². The van der Waals surface area contributed by atoms with Crippen LogP contribution in [-0.2, 0) is 4.74 Å². The lowest BCUT2D eigenvalue weighted by Gasteiger charge is -2.08. The molecule has 2 aromatic carbocycles. The molecule has 0 fully saturated rings. The molecule has 114 valence electrons. The van der Waals surface area contributed by atoms with Gasteiger partial charge in [-0.05, 0) is 48.9 Å². The van der Waals surface area contributed by atoms with Gasteiger partial charge in [0, 0.05) is 11.4 Å². The van der Waals surface area contributed by atoms with Gasteiger partial charge in [-0.25, -0.2) is 9.59 Å². The van der Waals surface area contributed by atoms with Crippen molar-refractivity contribution in [3.63, 3.8) is 0 Å². The molecular weight excluding hydrogens is 284 g/mol. The number of aryl methyl sites for hydroxylation is 1. The standard InChI is InChI=1S/C16H16N2O4/c1-11-4-3-5-13(10-11)18-16(20)22-14-8-6-12(7-9-14)17-15(19)21-2/h3-10H,1-2H3,(H,17,19)(H,18,20). The molecule has 0 aliphatic heterocycles. The molecule has 6 nitrogen and oxygen atoms in total. The highest BCUT2D eigenvalue weighted by atomic mass is 16.6. The number of carbonyl (C=O) groups is 2. The lowest BCUT2D eigenvalue weighted by molar-refractivity contribution is 0.187. The summed E-state index contributed by atoms with van der Waals surface area (Å²) in [5, 5.41) is 5.14. The second kappa shape index (κ2) is 7.12. The number of anilines is 2. The third-order valence-electron chi connectivity index (χ3n) is 2.76. The number of nitrogens with one attached hydrogen (secondary N) is 2. The van der Waals surface area contributed by atoms with Gasteiger partial charge in [-0.1, -0.05) is 12.1 Å². The fourth-order valence-electron chi connectivity index (χ4n) is 1.75. The number of ether oxygens (including phenoxy) is 2. The number of carbonyl (C=O) groups excluding carboxylic acids is 2. The summed E-state index contributed by atoms with van der Waals surface area (Å²) in [6, 6.07) is 13.7. The highest BCUT2D eigenvalue weighted by molar-refractivity contribution is 5.87. The average Bonchev–Trinajstić information content (AvgIpc) is 2.49. The van der Waals surface area contributed by atoms with E-state index in [1.807, 2.05) is 25.1 Å². The van der Waals surface area contributed by atoms with Gasteiger partial charge in [0.25, 0.3) is 0 Å². The Balaban J connectivity index is 1.93. The van der Waals surface area contributed by atoms with Crippen molar-refractivity contribution in [2.24, 2.45) is 0 Å². The van der Waals surface area contributed by atoms with Gasteiger partial charge in [0.05, 0.1) is 7.11 Å². The minimum absolute atomic E-state index is 0.362. The third-order valence-corrected chi connectivity index (χ3v) is 2.76. The first-order valence-corrected chi connectivity index (χ1v) is 6.57. The third kappa shape index (κ3) is 4.52. The van der Waals surface area contributed by atoms with Crippen LogP contribution < -0.4 is 15.4 Å². The van der Waals surface area contributed by atoms with Gasteiger partial charge in [-0.3, -0.25) is 10.6 Å². The summed E-state index contributed by atoms with van der Waals surface area (Å²) in [6.07, 6.45) is -1.15. The normalized spacial score (nSPS) is 9.73. The lowest BCUT2D eigenvalue weighted by Crippen LogP contribution is -2.16. The molecule has 2 amide bonds. The highest BCUT2D eigenvalue weighted by Crippen LogP contribution is 2.17. The zero-order chi connectivity index (χ0) is 15.9. The number of rotatable bonds is 3. The molecule has 0 aliphatic carbocycles. The van der Waals surface area contributed by atoms with Crippen LogP contribution in [0, 0.1) is 6.92 Å². The van der Waals surface area contributed by atoms with Crippen LogP contribution in [-0.4, -0.2) is 19.3 Å². The van der Waals surface area contributed by atoms with Crippen LogP contribution in [0.3, 0.4) is 0 Å². The predicted molar refractivity (Wildman–Crippen MR) is 83.3 cm³/mol. The largest absolute Gasteiger partial charge is 0.453 e. The molecule has 2 N–H and O–H groups in total. The smallest absolute Gasteiger partial charge is 0.417 e. The molecule has 2 rings (SSSR count). The molecule has 0 spiro atoms. The highest BCUT2D eigenvalue weighted by Gasteiger charge is 2.06. The Morgan fingerprint density at radius 3 is 2.23 bits per heavy atom. The van der Waals surface area contributed by atoms with E-state index in [9.17, 15) is 9.59 Å². The first-order valence-electron chi connectivity index (χ1n) is 6.57. The quantitative estimate of drug-likeness (QED) is 0.904. The molecule has 0 radical (unpaired) electrons. The van der Waals surface area contributed by atoms with Gasteiger partial charge in [-0.15, -0.1) is 0 Å². The molecule has 0 bridgehead atoms. The molecule has 2 aromatic rings. The topological polar surface area (TPSA) is 76.7 Å². The van der Waals surface area contributed by atoms with Crippen molar-refractivity contribution >= 4 is 23.6 Å². The molecule has 6 heteroatoms. The van der Waals surface area contributed by atoms with Gasteiger partial charge in [-0.2, -0.15) is 0 Å². The second-order valence-electron chi connectivity index (χ2n) is 4.52. The fourth-order valence-corrected chi connectivity index (χ4v) is 1.75. The lowest BCUT2D eigenvalue weighted by atomic mass is 10.2. The summed E-state index contributed by atoms with van der Waals surface area (Å²) < 4.78 is 9.63. The maximum Gasteiger partial charge on any atom is 0.417 e. The van der Waals surface area contributed by atoms with Gasteiger partial charge in [0.15, 0.2) is 0 Å². The Morgan fingerprint density at radius 2 is 1.59 bits per heavy atom. The zero-order valence-electron chi connectivity index (χ0n) is 12.3. The van der Waals surface area contributed by atoms with E-state index in [1.54, 1.807) is 30.3 Å². The van der Waals surface area contributed by atoms with Crippen molar-refractivity contribution in [1.82, 2.24) is 0 Å². The Bertz CT molecular complexity index is 668. The Morgan fingerprint density at radius 1 is 0.909 bits per heavy atom. The van der Waals surface area contributed by atoms with Crippen LogP contribution >= 0.6 is 0 Å². The van der Waals surface area contributed by atoms with Crippen LogP contribution in [0.2, 0.25) is 0 Å². The number of hydrogen-bond donors (Lipinski definition) is 2. The van der Waals surface area contributed by atoms with Gasteiger partial charge >= 0.3 is 12.2 Å². The molecule has 0 saturated carbocycles. The van der Waals surface area contributed by atoms with E-state index >= 15 is 0 Å². The number of methoxy groups -OCH3 is 1. The number of benzene rings is 2. The van der Waals surface area contributed by atoms with Crippen LogP contribution in [0.5, 0.6) is 5.75 Å². The van der Waals surface area contributed by atoms with E-state index < -0.39 is 12.2 Å². The number of hydrogen-bond acceptors (Lipinski definition) is 4. The molecule has 22 heavy (non-hydrogen) atoms. The maximum absolute atomic E-state index is 11.8. The molecule has 0 aromatic heterocycles. The van der Waals surface area contributed by atoms with E-state index in [0.29, 0.717) is 17.1 Å². The fraction of sp³-hybridized carbons (Fsp3) is 0.125. The van der Waals surface area contributed by atoms with E-state index in [1.165, 1.54) is 7.11 Å². The van der Waals surface area contributed by atoms with E-state index in [2.05, 4.69) is 15.4 Å². The second-order valence-corrected chi connectivity index (χ2v) is 4.52. The molecule has 0 aliphatic rings. The summed E-state index contributed by atoms with van der Waals surface area (Å²) in [5.41, 5.74) is 2.24. The Hall–Kier alpha value is -3.02. The van der Waals surface area contributed by atoms with E-state index in [0.717, 1.165) is 5.56 Å². The number of amides is 2. The summed E-state index contributed by atoms with van der Waals surface area (Å²) in [7, 11) is 1.28. The summed E-state index contributed by atoms with van der Waals surface area (Å²) >= 11 is 0. The summed E-state index contributed by atoms with van der Waals surface area (Å²) in [4.78, 5) is 22.8. The summed E-state index contributed by atoms with van der Waals surface area (Å²) in [6.45, 7) is 1.93. The van der Waals surface area contributed by atoms with Crippen molar-refractivity contribution in [2.75, 3.05) is 17.7 Å². The van der Waals surface area contributed by atoms with Gasteiger partial charge in [0.2, 0.25) is 0 Å². The van der Waals surface area contributed by atoms with Crippen molar-refractivity contribution in [3.05, 3.63) is 54.1 Å². The van der Waals surface area contributed by atoms with Crippen LogP contribution in [0.15, 0.2) is 48.5 Å². The molecule has 0 saturated heterocycles. The van der Waals surface area contributed by atoms with E-state index in [4.69, 9.17) is 4.74 Å². The van der Waals surface area contributed by atoms with Crippen LogP contribution in [0.1, 0.15) is 5.56 Å². The molecular formula is C16H16N2O4. The Labute approximate surface area is 128 Å². The molecule has 0 unspecified atom stereocenters. The minimum Gasteiger partial charge on any atom is -0.453 e. The average molecular weight is 300 g/mol. The monoisotopic (exact) mass is 300 g/mol. The SMILES string of the molecule is COC(=O)Nc1ccc(OC(=O)Nc2cccc(C)c2)cc1.